The summed E-state index contributed by atoms with van der Waals surface area (Å²) < 4.78 is 5.12. The van der Waals surface area contributed by atoms with E-state index in [-0.39, 0.29) is 11.3 Å². The summed E-state index contributed by atoms with van der Waals surface area (Å²) in [6, 6.07) is 8.09. The highest BCUT2D eigenvalue weighted by Gasteiger charge is 2.39. The lowest BCUT2D eigenvalue weighted by atomic mass is 9.85. The van der Waals surface area contributed by atoms with Crippen LogP contribution in [-0.2, 0) is 22.7 Å². The van der Waals surface area contributed by atoms with Gasteiger partial charge in [-0.3, -0.25) is 4.79 Å². The van der Waals surface area contributed by atoms with Crippen molar-refractivity contribution in [1.82, 2.24) is 5.32 Å². The van der Waals surface area contributed by atoms with Crippen LogP contribution in [0.3, 0.4) is 0 Å². The summed E-state index contributed by atoms with van der Waals surface area (Å²) in [6.07, 6.45) is 4.04. The number of benzene rings is 1. The summed E-state index contributed by atoms with van der Waals surface area (Å²) in [5.41, 5.74) is 7.71. The highest BCUT2D eigenvalue weighted by atomic mass is 16.5. The smallest absolute Gasteiger partial charge is 0.227 e. The molecule has 20 heavy (non-hydrogen) atoms. The summed E-state index contributed by atoms with van der Waals surface area (Å²) in [5, 5.41) is 3.04. The van der Waals surface area contributed by atoms with Crippen molar-refractivity contribution in [3.05, 3.63) is 35.4 Å². The molecule has 1 aromatic carbocycles. The summed E-state index contributed by atoms with van der Waals surface area (Å²) in [7, 11) is 1.68. The average molecular weight is 276 g/mol. The van der Waals surface area contributed by atoms with Crippen LogP contribution in [0, 0.1) is 5.41 Å². The Hall–Kier alpha value is -1.39. The molecule has 3 N–H and O–H groups in total. The Bertz CT molecular complexity index is 454. The van der Waals surface area contributed by atoms with Gasteiger partial charge in [-0.1, -0.05) is 37.1 Å². The second-order valence-electron chi connectivity index (χ2n) is 5.63. The van der Waals surface area contributed by atoms with Gasteiger partial charge in [0.2, 0.25) is 5.91 Å². The molecule has 0 aliphatic heterocycles. The molecule has 1 aromatic rings. The Morgan fingerprint density at radius 3 is 2.70 bits per heavy atom. The Morgan fingerprint density at radius 2 is 2.05 bits per heavy atom. The third-order valence-corrected chi connectivity index (χ3v) is 4.19. The van der Waals surface area contributed by atoms with E-state index in [4.69, 9.17) is 10.5 Å². The lowest BCUT2D eigenvalue weighted by molar-refractivity contribution is -0.130. The van der Waals surface area contributed by atoms with Gasteiger partial charge in [0.05, 0.1) is 12.0 Å². The van der Waals surface area contributed by atoms with Crippen molar-refractivity contribution in [2.24, 2.45) is 11.1 Å². The summed E-state index contributed by atoms with van der Waals surface area (Å²) in [6.45, 7) is 1.59. The lowest BCUT2D eigenvalue weighted by Crippen LogP contribution is -2.43. The fraction of sp³-hybridized carbons (Fsp3) is 0.562. The van der Waals surface area contributed by atoms with Gasteiger partial charge in [0.1, 0.15) is 0 Å². The molecule has 0 radical (unpaired) electrons. The molecule has 4 heteroatoms. The molecule has 0 atom stereocenters. The fourth-order valence-electron chi connectivity index (χ4n) is 2.94. The van der Waals surface area contributed by atoms with Crippen LogP contribution in [0.25, 0.3) is 0 Å². The van der Waals surface area contributed by atoms with Crippen molar-refractivity contribution >= 4 is 5.91 Å². The maximum Gasteiger partial charge on any atom is 0.227 e. The van der Waals surface area contributed by atoms with Crippen LogP contribution in [0.2, 0.25) is 0 Å². The van der Waals surface area contributed by atoms with E-state index in [1.54, 1.807) is 7.11 Å². The van der Waals surface area contributed by atoms with E-state index in [2.05, 4.69) is 11.4 Å². The van der Waals surface area contributed by atoms with E-state index in [0.29, 0.717) is 19.7 Å². The number of nitrogens with one attached hydrogen (secondary N) is 1. The third kappa shape index (κ3) is 3.38. The first-order valence-electron chi connectivity index (χ1n) is 7.25. The molecule has 110 valence electrons. The third-order valence-electron chi connectivity index (χ3n) is 4.19. The van der Waals surface area contributed by atoms with E-state index in [9.17, 15) is 4.79 Å². The predicted molar refractivity (Wildman–Crippen MR) is 79.0 cm³/mol. The van der Waals surface area contributed by atoms with Crippen LogP contribution in [0.15, 0.2) is 24.3 Å². The van der Waals surface area contributed by atoms with Gasteiger partial charge in [-0.05, 0) is 24.0 Å². The van der Waals surface area contributed by atoms with Crippen molar-refractivity contribution in [1.29, 1.82) is 0 Å². The molecule has 1 aliphatic rings. The van der Waals surface area contributed by atoms with Crippen LogP contribution in [0.5, 0.6) is 0 Å². The van der Waals surface area contributed by atoms with Crippen molar-refractivity contribution in [2.75, 3.05) is 13.7 Å². The second kappa shape index (κ2) is 6.86. The van der Waals surface area contributed by atoms with E-state index in [1.165, 1.54) is 0 Å². The van der Waals surface area contributed by atoms with Gasteiger partial charge < -0.3 is 15.8 Å². The molecule has 4 nitrogen and oxygen atoms in total. The maximum atomic E-state index is 12.4. The summed E-state index contributed by atoms with van der Waals surface area (Å²) >= 11 is 0. The van der Waals surface area contributed by atoms with E-state index in [1.807, 2.05) is 18.2 Å². The highest BCUT2D eigenvalue weighted by Crippen LogP contribution is 2.37. The van der Waals surface area contributed by atoms with E-state index >= 15 is 0 Å². The number of carbonyl (C=O) groups is 1. The maximum absolute atomic E-state index is 12.4. The number of hydrogen-bond acceptors (Lipinski definition) is 3. The molecule has 0 bridgehead atoms. The zero-order chi connectivity index (χ0) is 14.4. The Balaban J connectivity index is 1.94. The molecule has 2 rings (SSSR count). The molecule has 0 spiro atoms. The Kier molecular flexibility index (Phi) is 5.15. The van der Waals surface area contributed by atoms with Crippen LogP contribution in [0.4, 0.5) is 0 Å². The minimum atomic E-state index is -0.329. The average Bonchev–Trinajstić information content (AvgIpc) is 2.96. The van der Waals surface area contributed by atoms with Gasteiger partial charge in [0.15, 0.2) is 0 Å². The van der Waals surface area contributed by atoms with Crippen LogP contribution < -0.4 is 11.1 Å². The van der Waals surface area contributed by atoms with Crippen molar-refractivity contribution in [2.45, 2.75) is 38.8 Å². The SMILES string of the molecule is COCc1cccc(CNC(=O)C2(CN)CCCC2)c1. The molecular formula is C16H24N2O2. The topological polar surface area (TPSA) is 64.3 Å². The quantitative estimate of drug-likeness (QED) is 0.835. The molecule has 1 fully saturated rings. The summed E-state index contributed by atoms with van der Waals surface area (Å²) in [5.74, 6) is 0.106. The monoisotopic (exact) mass is 276 g/mol. The van der Waals surface area contributed by atoms with Crippen molar-refractivity contribution < 1.29 is 9.53 Å². The minimum absolute atomic E-state index is 0.106. The molecule has 0 heterocycles. The molecule has 0 aromatic heterocycles. The molecule has 0 unspecified atom stereocenters. The molecule has 1 amide bonds. The molecule has 1 aliphatic carbocycles. The second-order valence-corrected chi connectivity index (χ2v) is 5.63. The molecule has 0 saturated heterocycles. The van der Waals surface area contributed by atoms with Crippen molar-refractivity contribution in [3.63, 3.8) is 0 Å². The largest absolute Gasteiger partial charge is 0.380 e. The van der Waals surface area contributed by atoms with Gasteiger partial charge in [-0.15, -0.1) is 0 Å². The zero-order valence-corrected chi connectivity index (χ0v) is 12.2. The van der Waals surface area contributed by atoms with Gasteiger partial charge >= 0.3 is 0 Å². The lowest BCUT2D eigenvalue weighted by Gasteiger charge is -2.25. The van der Waals surface area contributed by atoms with Gasteiger partial charge in [0.25, 0.3) is 0 Å². The van der Waals surface area contributed by atoms with Gasteiger partial charge in [-0.2, -0.15) is 0 Å². The highest BCUT2D eigenvalue weighted by molar-refractivity contribution is 5.83. The molecular weight excluding hydrogens is 252 g/mol. The first-order valence-corrected chi connectivity index (χ1v) is 7.25. The number of nitrogens with two attached hydrogens (primary N) is 1. The van der Waals surface area contributed by atoms with Crippen molar-refractivity contribution in [3.8, 4) is 0 Å². The van der Waals surface area contributed by atoms with Crippen LogP contribution in [-0.4, -0.2) is 19.6 Å². The first kappa shape index (κ1) is 15.0. The standard InChI is InChI=1S/C16H24N2O2/c1-20-11-14-6-4-5-13(9-14)10-18-15(19)16(12-17)7-2-3-8-16/h4-6,9H,2-3,7-8,10-12,17H2,1H3,(H,18,19). The number of amides is 1. The Morgan fingerprint density at radius 1 is 1.35 bits per heavy atom. The van der Waals surface area contributed by atoms with Gasteiger partial charge in [-0.25, -0.2) is 0 Å². The normalized spacial score (nSPS) is 17.1. The number of carbonyl (C=O) groups excluding carboxylic acids is 1. The number of ether oxygens (including phenoxy) is 1. The van der Waals surface area contributed by atoms with Gasteiger partial charge in [0, 0.05) is 20.2 Å². The zero-order valence-electron chi connectivity index (χ0n) is 12.2. The number of rotatable bonds is 6. The number of hydrogen-bond donors (Lipinski definition) is 2. The van der Waals surface area contributed by atoms with Crippen LogP contribution in [0.1, 0.15) is 36.8 Å². The fourth-order valence-corrected chi connectivity index (χ4v) is 2.94. The minimum Gasteiger partial charge on any atom is -0.380 e. The summed E-state index contributed by atoms with van der Waals surface area (Å²) in [4.78, 5) is 12.4. The van der Waals surface area contributed by atoms with E-state index in [0.717, 1.165) is 36.8 Å². The van der Waals surface area contributed by atoms with Crippen LogP contribution >= 0.6 is 0 Å². The Labute approximate surface area is 120 Å². The predicted octanol–water partition coefficient (Wildman–Crippen LogP) is 1.97. The van der Waals surface area contributed by atoms with E-state index < -0.39 is 0 Å². The number of methoxy groups -OCH3 is 1. The molecule has 1 saturated carbocycles. The first-order chi connectivity index (χ1) is 9.70.